The Morgan fingerprint density at radius 3 is 2.74 bits per heavy atom. The van der Waals surface area contributed by atoms with Crippen molar-refractivity contribution in [1.82, 2.24) is 4.90 Å². The number of nitrogens with zero attached hydrogens (tertiary/aromatic N) is 1. The highest BCUT2D eigenvalue weighted by molar-refractivity contribution is 6.03. The summed E-state index contributed by atoms with van der Waals surface area (Å²) < 4.78 is 5.14. The normalized spacial score (nSPS) is 26.2. The number of benzene rings is 1. The Hall–Kier alpha value is -2.37. The highest BCUT2D eigenvalue weighted by Crippen LogP contribution is 2.60. The van der Waals surface area contributed by atoms with Crippen LogP contribution in [-0.4, -0.2) is 36.3 Å². The van der Waals surface area contributed by atoms with Crippen LogP contribution in [0.2, 0.25) is 0 Å². The first-order valence-corrected chi connectivity index (χ1v) is 9.50. The van der Waals surface area contributed by atoms with Gasteiger partial charge in [0.1, 0.15) is 5.75 Å². The van der Waals surface area contributed by atoms with Gasteiger partial charge in [-0.2, -0.15) is 0 Å². The van der Waals surface area contributed by atoms with Crippen LogP contribution >= 0.6 is 0 Å². The van der Waals surface area contributed by atoms with Crippen molar-refractivity contribution in [1.29, 1.82) is 0 Å². The minimum absolute atomic E-state index is 0.0758. The predicted molar refractivity (Wildman–Crippen MR) is 102 cm³/mol. The monoisotopic (exact) mass is 372 g/mol. The van der Waals surface area contributed by atoms with Crippen molar-refractivity contribution in [2.24, 2.45) is 16.7 Å². The molecule has 2 bridgehead atoms. The molecule has 3 amide bonds. The third kappa shape index (κ3) is 3.22. The van der Waals surface area contributed by atoms with Crippen LogP contribution in [0.4, 0.5) is 5.69 Å². The maximum absolute atomic E-state index is 13.0. The summed E-state index contributed by atoms with van der Waals surface area (Å²) in [6.07, 6.45) is 2.22. The van der Waals surface area contributed by atoms with Crippen LogP contribution in [0.3, 0.4) is 0 Å². The van der Waals surface area contributed by atoms with Gasteiger partial charge in [0, 0.05) is 30.6 Å². The molecule has 6 nitrogen and oxygen atoms in total. The molecular formula is C21H28N2O4. The second-order valence-electron chi connectivity index (χ2n) is 8.32. The van der Waals surface area contributed by atoms with E-state index in [1.807, 2.05) is 20.8 Å². The van der Waals surface area contributed by atoms with Crippen LogP contribution in [0.25, 0.3) is 0 Å². The molecule has 2 unspecified atom stereocenters. The Kier molecular flexibility index (Phi) is 5.02. The highest BCUT2D eigenvalue weighted by Gasteiger charge is 2.64. The maximum atomic E-state index is 13.0. The average Bonchev–Trinajstić information content (AvgIpc) is 2.82. The molecule has 1 aromatic carbocycles. The van der Waals surface area contributed by atoms with Crippen LogP contribution in [0.15, 0.2) is 24.3 Å². The maximum Gasteiger partial charge on any atom is 0.235 e. The number of likely N-dealkylation sites (tertiary alicyclic amines) is 1. The molecule has 2 aliphatic rings. The molecule has 0 spiro atoms. The number of anilines is 1. The lowest BCUT2D eigenvalue weighted by atomic mass is 9.62. The van der Waals surface area contributed by atoms with E-state index in [1.165, 1.54) is 4.90 Å². The second-order valence-corrected chi connectivity index (χ2v) is 8.32. The number of methoxy groups -OCH3 is 1. The SMILES string of the molecule is COc1cccc(NC(=O)CCCN2C(=O)C3CCC(C)(C2=O)C3(C)C)c1. The van der Waals surface area contributed by atoms with Gasteiger partial charge in [-0.15, -0.1) is 0 Å². The molecule has 1 aromatic rings. The van der Waals surface area contributed by atoms with Gasteiger partial charge in [-0.05, 0) is 36.8 Å². The smallest absolute Gasteiger partial charge is 0.235 e. The van der Waals surface area contributed by atoms with Crippen molar-refractivity contribution < 1.29 is 19.1 Å². The van der Waals surface area contributed by atoms with Gasteiger partial charge in [0.25, 0.3) is 0 Å². The van der Waals surface area contributed by atoms with E-state index in [2.05, 4.69) is 5.32 Å². The number of ether oxygens (including phenoxy) is 1. The minimum Gasteiger partial charge on any atom is -0.497 e. The van der Waals surface area contributed by atoms with Crippen molar-refractivity contribution >= 4 is 23.4 Å². The first-order chi connectivity index (χ1) is 12.7. The summed E-state index contributed by atoms with van der Waals surface area (Å²) in [7, 11) is 1.57. The average molecular weight is 372 g/mol. The molecule has 1 N–H and O–H groups in total. The van der Waals surface area contributed by atoms with Crippen LogP contribution in [-0.2, 0) is 14.4 Å². The van der Waals surface area contributed by atoms with E-state index in [9.17, 15) is 14.4 Å². The Labute approximate surface area is 160 Å². The van der Waals surface area contributed by atoms with Crippen LogP contribution in [0, 0.1) is 16.7 Å². The molecule has 1 aliphatic heterocycles. The molecule has 1 heterocycles. The van der Waals surface area contributed by atoms with E-state index in [1.54, 1.807) is 31.4 Å². The standard InChI is InChI=1S/C21H28N2O4/c1-20(2)16-10-11-21(20,3)19(26)23(18(16)25)12-6-9-17(24)22-14-7-5-8-15(13-14)27-4/h5,7-8,13,16H,6,9-12H2,1-4H3,(H,22,24). The van der Waals surface area contributed by atoms with Crippen molar-refractivity contribution in [2.75, 3.05) is 19.0 Å². The molecule has 6 heteroatoms. The van der Waals surface area contributed by atoms with Gasteiger partial charge in [0.05, 0.1) is 12.5 Å². The first kappa shape index (κ1) is 19.4. The van der Waals surface area contributed by atoms with Crippen molar-refractivity contribution in [3.8, 4) is 5.75 Å². The van der Waals surface area contributed by atoms with Crippen molar-refractivity contribution in [3.05, 3.63) is 24.3 Å². The number of hydrogen-bond donors (Lipinski definition) is 1. The summed E-state index contributed by atoms with van der Waals surface area (Å²) in [6, 6.07) is 7.15. The molecule has 1 saturated heterocycles. The molecule has 0 radical (unpaired) electrons. The Bertz CT molecular complexity index is 773. The number of imide groups is 1. The summed E-state index contributed by atoms with van der Waals surface area (Å²) in [5.74, 6) is 0.261. The highest BCUT2D eigenvalue weighted by atomic mass is 16.5. The lowest BCUT2D eigenvalue weighted by Gasteiger charge is -2.47. The molecule has 27 heavy (non-hydrogen) atoms. The third-order valence-electron chi connectivity index (χ3n) is 6.65. The fourth-order valence-electron chi connectivity index (χ4n) is 4.44. The predicted octanol–water partition coefficient (Wildman–Crippen LogP) is 3.23. The van der Waals surface area contributed by atoms with Gasteiger partial charge in [0.2, 0.25) is 17.7 Å². The number of carbonyl (C=O) groups excluding carboxylic acids is 3. The van der Waals surface area contributed by atoms with Crippen molar-refractivity contribution in [3.63, 3.8) is 0 Å². The molecule has 0 aromatic heterocycles. The lowest BCUT2D eigenvalue weighted by Crippen LogP contribution is -2.59. The number of hydrogen-bond acceptors (Lipinski definition) is 4. The van der Waals surface area contributed by atoms with Gasteiger partial charge >= 0.3 is 0 Å². The molecule has 2 fully saturated rings. The van der Waals surface area contributed by atoms with Gasteiger partial charge in [-0.25, -0.2) is 0 Å². The summed E-state index contributed by atoms with van der Waals surface area (Å²) >= 11 is 0. The van der Waals surface area contributed by atoms with Crippen LogP contribution < -0.4 is 10.1 Å². The van der Waals surface area contributed by atoms with Crippen LogP contribution in [0.5, 0.6) is 5.75 Å². The first-order valence-electron chi connectivity index (χ1n) is 9.50. The van der Waals surface area contributed by atoms with E-state index in [4.69, 9.17) is 4.74 Å². The Balaban J connectivity index is 1.57. The largest absolute Gasteiger partial charge is 0.497 e. The molecule has 1 aliphatic carbocycles. The zero-order valence-electron chi connectivity index (χ0n) is 16.5. The summed E-state index contributed by atoms with van der Waals surface area (Å²) in [5.41, 5.74) is -0.132. The number of piperidine rings is 1. The molecule has 3 rings (SSSR count). The fraction of sp³-hybridized carbons (Fsp3) is 0.571. The van der Waals surface area contributed by atoms with Gasteiger partial charge < -0.3 is 10.1 Å². The second kappa shape index (κ2) is 6.98. The van der Waals surface area contributed by atoms with Gasteiger partial charge in [0.15, 0.2) is 0 Å². The van der Waals surface area contributed by atoms with E-state index in [0.29, 0.717) is 24.4 Å². The number of carbonyl (C=O) groups is 3. The quantitative estimate of drug-likeness (QED) is 0.778. The summed E-state index contributed by atoms with van der Waals surface area (Å²) in [4.78, 5) is 39.3. The number of fused-ring (bicyclic) bond motifs is 2. The number of rotatable bonds is 6. The van der Waals surface area contributed by atoms with E-state index < -0.39 is 5.41 Å². The molecular weight excluding hydrogens is 344 g/mol. The summed E-state index contributed by atoms with van der Waals surface area (Å²) in [5, 5.41) is 2.82. The Morgan fingerprint density at radius 2 is 2.04 bits per heavy atom. The molecule has 146 valence electrons. The van der Waals surface area contributed by atoms with Gasteiger partial charge in [-0.3, -0.25) is 19.3 Å². The Morgan fingerprint density at radius 1 is 1.30 bits per heavy atom. The van der Waals surface area contributed by atoms with Gasteiger partial charge in [-0.1, -0.05) is 26.8 Å². The number of nitrogens with one attached hydrogen (secondary N) is 1. The third-order valence-corrected chi connectivity index (χ3v) is 6.65. The van der Waals surface area contributed by atoms with E-state index >= 15 is 0 Å². The topological polar surface area (TPSA) is 75.7 Å². The number of amides is 3. The summed E-state index contributed by atoms with van der Waals surface area (Å²) in [6.45, 7) is 6.33. The van der Waals surface area contributed by atoms with E-state index in [-0.39, 0.29) is 35.5 Å². The fourth-order valence-corrected chi connectivity index (χ4v) is 4.44. The van der Waals surface area contributed by atoms with Crippen LogP contribution in [0.1, 0.15) is 46.5 Å². The lowest BCUT2D eigenvalue weighted by molar-refractivity contribution is -0.168. The zero-order valence-corrected chi connectivity index (χ0v) is 16.5. The molecule has 2 atom stereocenters. The minimum atomic E-state index is -0.492. The van der Waals surface area contributed by atoms with Crippen molar-refractivity contribution in [2.45, 2.75) is 46.5 Å². The zero-order chi connectivity index (χ0) is 19.8. The molecule has 1 saturated carbocycles. The van der Waals surface area contributed by atoms with E-state index in [0.717, 1.165) is 12.8 Å².